The second-order valence-corrected chi connectivity index (χ2v) is 5.46. The summed E-state index contributed by atoms with van der Waals surface area (Å²) in [7, 11) is 0. The monoisotopic (exact) mass is 259 g/mol. The van der Waals surface area contributed by atoms with Gasteiger partial charge in [0.1, 0.15) is 0 Å². The number of hydrogen-bond acceptors (Lipinski definition) is 4. The molecule has 1 saturated heterocycles. The minimum Gasteiger partial charge on any atom is -0.314 e. The Bertz CT molecular complexity index is 463. The second-order valence-electron chi connectivity index (χ2n) is 4.48. The van der Waals surface area contributed by atoms with Crippen molar-refractivity contribution in [2.24, 2.45) is 0 Å². The highest BCUT2D eigenvalue weighted by molar-refractivity contribution is 7.10. The molecule has 1 aliphatic heterocycles. The Morgan fingerprint density at radius 2 is 1.94 bits per heavy atom. The zero-order chi connectivity index (χ0) is 12.2. The van der Waals surface area contributed by atoms with Crippen molar-refractivity contribution in [1.29, 1.82) is 0 Å². The Labute approximate surface area is 111 Å². The van der Waals surface area contributed by atoms with Crippen molar-refractivity contribution < 1.29 is 0 Å². The van der Waals surface area contributed by atoms with E-state index in [0.717, 1.165) is 26.2 Å². The van der Waals surface area contributed by atoms with Gasteiger partial charge in [-0.25, -0.2) is 0 Å². The van der Waals surface area contributed by atoms with E-state index in [1.54, 1.807) is 0 Å². The predicted octanol–water partition coefficient (Wildman–Crippen LogP) is 2.14. The molecule has 18 heavy (non-hydrogen) atoms. The molecule has 2 aromatic rings. The first-order valence-corrected chi connectivity index (χ1v) is 7.21. The van der Waals surface area contributed by atoms with E-state index in [0.29, 0.717) is 6.04 Å². The van der Waals surface area contributed by atoms with E-state index in [-0.39, 0.29) is 0 Å². The molecular formula is C14H17N3S. The molecule has 1 aliphatic rings. The summed E-state index contributed by atoms with van der Waals surface area (Å²) in [6.45, 7) is 4.36. The Morgan fingerprint density at radius 1 is 1.17 bits per heavy atom. The maximum absolute atomic E-state index is 4.13. The standard InChI is InChI=1S/C14H17N3S/c1-2-13(18-11-1)14(12-3-5-15-6-4-12)17-9-7-16-8-10-17/h1-6,11,14,16H,7-10H2. The highest BCUT2D eigenvalue weighted by Crippen LogP contribution is 2.31. The average Bonchev–Trinajstić information content (AvgIpc) is 2.95. The number of pyridine rings is 1. The third-order valence-electron chi connectivity index (χ3n) is 3.35. The highest BCUT2D eigenvalue weighted by Gasteiger charge is 2.24. The minimum atomic E-state index is 0.384. The molecule has 0 amide bonds. The van der Waals surface area contributed by atoms with Crippen LogP contribution >= 0.6 is 11.3 Å². The molecule has 1 fully saturated rings. The molecule has 1 N–H and O–H groups in total. The molecule has 94 valence electrons. The van der Waals surface area contributed by atoms with E-state index in [2.05, 4.69) is 44.8 Å². The molecule has 3 nitrogen and oxygen atoms in total. The molecule has 0 aromatic carbocycles. The number of hydrogen-bond donors (Lipinski definition) is 1. The number of nitrogens with zero attached hydrogens (tertiary/aromatic N) is 2. The van der Waals surface area contributed by atoms with Gasteiger partial charge in [0.2, 0.25) is 0 Å². The van der Waals surface area contributed by atoms with E-state index < -0.39 is 0 Å². The van der Waals surface area contributed by atoms with Crippen LogP contribution in [0.15, 0.2) is 42.0 Å². The van der Waals surface area contributed by atoms with Crippen LogP contribution in [0.25, 0.3) is 0 Å². The van der Waals surface area contributed by atoms with E-state index in [9.17, 15) is 0 Å². The van der Waals surface area contributed by atoms with Crippen LogP contribution in [0, 0.1) is 0 Å². The molecular weight excluding hydrogens is 242 g/mol. The average molecular weight is 259 g/mol. The fourth-order valence-electron chi connectivity index (χ4n) is 2.49. The fourth-order valence-corrected chi connectivity index (χ4v) is 3.37. The van der Waals surface area contributed by atoms with Crippen LogP contribution in [0.2, 0.25) is 0 Å². The zero-order valence-corrected chi connectivity index (χ0v) is 11.1. The van der Waals surface area contributed by atoms with Crippen LogP contribution in [0.4, 0.5) is 0 Å². The first kappa shape index (κ1) is 11.8. The lowest BCUT2D eigenvalue weighted by Gasteiger charge is -2.34. The maximum atomic E-state index is 4.13. The Morgan fingerprint density at radius 3 is 2.61 bits per heavy atom. The summed E-state index contributed by atoms with van der Waals surface area (Å²) in [5.41, 5.74) is 1.34. The third kappa shape index (κ3) is 2.46. The third-order valence-corrected chi connectivity index (χ3v) is 4.28. The number of nitrogens with one attached hydrogen (secondary N) is 1. The summed E-state index contributed by atoms with van der Waals surface area (Å²) in [5, 5.41) is 5.57. The molecule has 3 heterocycles. The zero-order valence-electron chi connectivity index (χ0n) is 10.2. The van der Waals surface area contributed by atoms with Crippen molar-refractivity contribution in [2.45, 2.75) is 6.04 Å². The molecule has 0 radical (unpaired) electrons. The van der Waals surface area contributed by atoms with Gasteiger partial charge in [0, 0.05) is 43.4 Å². The highest BCUT2D eigenvalue weighted by atomic mass is 32.1. The van der Waals surface area contributed by atoms with E-state index >= 15 is 0 Å². The first-order valence-electron chi connectivity index (χ1n) is 6.33. The fraction of sp³-hybridized carbons (Fsp3) is 0.357. The van der Waals surface area contributed by atoms with Gasteiger partial charge in [0.05, 0.1) is 6.04 Å². The van der Waals surface area contributed by atoms with E-state index in [4.69, 9.17) is 0 Å². The summed E-state index contributed by atoms with van der Waals surface area (Å²) in [6.07, 6.45) is 3.77. The molecule has 0 saturated carbocycles. The molecule has 0 aliphatic carbocycles. The lowest BCUT2D eigenvalue weighted by atomic mass is 10.0. The van der Waals surface area contributed by atoms with Gasteiger partial charge in [-0.1, -0.05) is 6.07 Å². The molecule has 1 atom stereocenters. The minimum absolute atomic E-state index is 0.384. The van der Waals surface area contributed by atoms with Gasteiger partial charge >= 0.3 is 0 Å². The van der Waals surface area contributed by atoms with Crippen LogP contribution in [0.3, 0.4) is 0 Å². The molecule has 3 rings (SSSR count). The van der Waals surface area contributed by atoms with E-state index in [1.807, 2.05) is 23.7 Å². The smallest absolute Gasteiger partial charge is 0.0698 e. The topological polar surface area (TPSA) is 28.2 Å². The van der Waals surface area contributed by atoms with Crippen molar-refractivity contribution >= 4 is 11.3 Å². The predicted molar refractivity (Wildman–Crippen MR) is 74.8 cm³/mol. The van der Waals surface area contributed by atoms with Crippen LogP contribution in [0.1, 0.15) is 16.5 Å². The normalized spacial score (nSPS) is 18.7. The Balaban J connectivity index is 1.93. The molecule has 2 aromatic heterocycles. The van der Waals surface area contributed by atoms with Gasteiger partial charge in [0.15, 0.2) is 0 Å². The van der Waals surface area contributed by atoms with Crippen molar-refractivity contribution in [3.05, 3.63) is 52.5 Å². The molecule has 4 heteroatoms. The summed E-state index contributed by atoms with van der Waals surface area (Å²) >= 11 is 1.84. The number of aromatic nitrogens is 1. The summed E-state index contributed by atoms with van der Waals surface area (Å²) < 4.78 is 0. The van der Waals surface area contributed by atoms with Crippen LogP contribution < -0.4 is 5.32 Å². The summed E-state index contributed by atoms with van der Waals surface area (Å²) in [6, 6.07) is 9.02. The lowest BCUT2D eigenvalue weighted by molar-refractivity contribution is 0.200. The van der Waals surface area contributed by atoms with Crippen LogP contribution in [0.5, 0.6) is 0 Å². The van der Waals surface area contributed by atoms with Gasteiger partial charge in [-0.05, 0) is 29.1 Å². The van der Waals surface area contributed by atoms with Crippen LogP contribution in [-0.2, 0) is 0 Å². The second kappa shape index (κ2) is 5.61. The van der Waals surface area contributed by atoms with Crippen molar-refractivity contribution in [1.82, 2.24) is 15.2 Å². The van der Waals surface area contributed by atoms with Gasteiger partial charge in [-0.15, -0.1) is 11.3 Å². The van der Waals surface area contributed by atoms with Gasteiger partial charge in [-0.2, -0.15) is 0 Å². The van der Waals surface area contributed by atoms with Gasteiger partial charge in [-0.3, -0.25) is 9.88 Å². The van der Waals surface area contributed by atoms with Crippen LogP contribution in [-0.4, -0.2) is 36.1 Å². The summed E-state index contributed by atoms with van der Waals surface area (Å²) in [5.74, 6) is 0. The number of thiophene rings is 1. The Kier molecular flexibility index (Phi) is 3.69. The Hall–Kier alpha value is -1.23. The first-order chi connectivity index (χ1) is 8.95. The number of rotatable bonds is 3. The molecule has 0 bridgehead atoms. The van der Waals surface area contributed by atoms with Crippen molar-refractivity contribution in [2.75, 3.05) is 26.2 Å². The van der Waals surface area contributed by atoms with E-state index in [1.165, 1.54) is 10.4 Å². The molecule has 0 spiro atoms. The SMILES string of the molecule is c1csc(C(c2ccncc2)N2CCNCC2)c1. The lowest BCUT2D eigenvalue weighted by Crippen LogP contribution is -2.45. The quantitative estimate of drug-likeness (QED) is 0.915. The maximum Gasteiger partial charge on any atom is 0.0698 e. The number of piperazine rings is 1. The van der Waals surface area contributed by atoms with Crippen molar-refractivity contribution in [3.8, 4) is 0 Å². The molecule has 1 unspecified atom stereocenters. The van der Waals surface area contributed by atoms with Gasteiger partial charge in [0.25, 0.3) is 0 Å². The van der Waals surface area contributed by atoms with Gasteiger partial charge < -0.3 is 5.32 Å². The largest absolute Gasteiger partial charge is 0.314 e. The van der Waals surface area contributed by atoms with Crippen molar-refractivity contribution in [3.63, 3.8) is 0 Å². The summed E-state index contributed by atoms with van der Waals surface area (Å²) in [4.78, 5) is 8.10.